The van der Waals surface area contributed by atoms with Gasteiger partial charge in [-0.1, -0.05) is 30.3 Å². The number of aromatic nitrogens is 1. The van der Waals surface area contributed by atoms with Gasteiger partial charge in [-0.25, -0.2) is 4.98 Å². The molecule has 0 N–H and O–H groups in total. The topological polar surface area (TPSA) is 49.2 Å². The monoisotopic (exact) mass is 395 g/mol. The summed E-state index contributed by atoms with van der Waals surface area (Å²) in [5, 5.41) is 10.8. The van der Waals surface area contributed by atoms with Crippen molar-refractivity contribution in [1.82, 2.24) is 4.98 Å². The summed E-state index contributed by atoms with van der Waals surface area (Å²) >= 11 is 1.69. The molecule has 2 heterocycles. The van der Waals surface area contributed by atoms with E-state index in [1.165, 1.54) is 5.56 Å². The predicted molar refractivity (Wildman–Crippen MR) is 116 cm³/mol. The zero-order chi connectivity index (χ0) is 20.1. The minimum Gasteiger partial charge on any atom is -0.370 e. The fraction of sp³-hybridized carbons (Fsp3) is 0.478. The Hall–Kier alpha value is -2.03. The third-order valence-electron chi connectivity index (χ3n) is 5.21. The highest BCUT2D eigenvalue weighted by Crippen LogP contribution is 2.38. The number of hydrogen-bond donors (Lipinski definition) is 0. The van der Waals surface area contributed by atoms with Gasteiger partial charge in [-0.3, -0.25) is 0 Å². The van der Waals surface area contributed by atoms with Crippen molar-refractivity contribution >= 4 is 17.6 Å². The molecule has 1 aliphatic rings. The molecule has 0 saturated heterocycles. The molecule has 3 rings (SSSR count). The molecule has 0 unspecified atom stereocenters. The number of nitrogens with zero attached hydrogens (tertiary/aromatic N) is 3. The molecular formula is C23H29N3OS. The maximum atomic E-state index is 9.95. The largest absolute Gasteiger partial charge is 0.370 e. The van der Waals surface area contributed by atoms with Crippen LogP contribution in [-0.4, -0.2) is 29.4 Å². The maximum Gasteiger partial charge on any atom is 0.135 e. The van der Waals surface area contributed by atoms with Crippen LogP contribution in [0.5, 0.6) is 0 Å². The Morgan fingerprint density at radius 2 is 1.89 bits per heavy atom. The minimum absolute atomic E-state index is 0.257. The number of thioether (sulfide) groups is 1. The van der Waals surface area contributed by atoms with E-state index in [-0.39, 0.29) is 5.60 Å². The summed E-state index contributed by atoms with van der Waals surface area (Å²) in [6.07, 6.45) is 1.71. The molecule has 0 atom stereocenters. The van der Waals surface area contributed by atoms with Crippen molar-refractivity contribution in [3.63, 3.8) is 0 Å². The van der Waals surface area contributed by atoms with Crippen LogP contribution in [0.3, 0.4) is 0 Å². The van der Waals surface area contributed by atoms with Crippen LogP contribution in [0, 0.1) is 11.3 Å². The molecule has 4 nitrogen and oxygen atoms in total. The quantitative estimate of drug-likeness (QED) is 0.619. The van der Waals surface area contributed by atoms with E-state index in [1.54, 1.807) is 11.8 Å². The van der Waals surface area contributed by atoms with Gasteiger partial charge in [-0.2, -0.15) is 5.26 Å². The van der Waals surface area contributed by atoms with Gasteiger partial charge >= 0.3 is 0 Å². The number of benzene rings is 1. The SMILES string of the molecule is CCN(CC)c1nc(SCCc2ccccc2)c(C#N)c2c1COC(C)(C)C2. The van der Waals surface area contributed by atoms with Crippen LogP contribution in [0.4, 0.5) is 5.82 Å². The van der Waals surface area contributed by atoms with Crippen molar-refractivity contribution in [1.29, 1.82) is 5.26 Å². The van der Waals surface area contributed by atoms with Crippen molar-refractivity contribution < 1.29 is 4.74 Å². The Labute approximate surface area is 172 Å². The summed E-state index contributed by atoms with van der Waals surface area (Å²) < 4.78 is 6.07. The van der Waals surface area contributed by atoms with E-state index >= 15 is 0 Å². The summed E-state index contributed by atoms with van der Waals surface area (Å²) in [6.45, 7) is 10.8. The average Bonchev–Trinajstić information content (AvgIpc) is 2.69. The molecule has 1 aromatic heterocycles. The van der Waals surface area contributed by atoms with Crippen molar-refractivity contribution in [2.45, 2.75) is 57.8 Å². The lowest BCUT2D eigenvalue weighted by molar-refractivity contribution is -0.0402. The number of hydrogen-bond acceptors (Lipinski definition) is 5. The van der Waals surface area contributed by atoms with Gasteiger partial charge in [0.2, 0.25) is 0 Å². The van der Waals surface area contributed by atoms with Gasteiger partial charge in [0.05, 0.1) is 17.8 Å². The molecule has 1 aromatic carbocycles. The van der Waals surface area contributed by atoms with Gasteiger partial charge < -0.3 is 9.64 Å². The average molecular weight is 396 g/mol. The third-order valence-corrected chi connectivity index (χ3v) is 6.19. The zero-order valence-corrected chi connectivity index (χ0v) is 18.1. The highest BCUT2D eigenvalue weighted by molar-refractivity contribution is 7.99. The van der Waals surface area contributed by atoms with Crippen LogP contribution in [0.2, 0.25) is 0 Å². The van der Waals surface area contributed by atoms with Gasteiger partial charge in [0.1, 0.15) is 16.9 Å². The molecule has 5 heteroatoms. The Morgan fingerprint density at radius 3 is 2.54 bits per heavy atom. The zero-order valence-electron chi connectivity index (χ0n) is 17.3. The number of rotatable bonds is 7. The van der Waals surface area contributed by atoms with Gasteiger partial charge in [0.25, 0.3) is 0 Å². The fourth-order valence-electron chi connectivity index (χ4n) is 3.64. The number of anilines is 1. The van der Waals surface area contributed by atoms with Crippen LogP contribution < -0.4 is 4.90 Å². The second-order valence-electron chi connectivity index (χ2n) is 7.67. The molecule has 2 aromatic rings. The number of fused-ring (bicyclic) bond motifs is 1. The second-order valence-corrected chi connectivity index (χ2v) is 8.75. The molecule has 28 heavy (non-hydrogen) atoms. The van der Waals surface area contributed by atoms with Gasteiger partial charge in [-0.05, 0) is 45.2 Å². The normalized spacial score (nSPS) is 15.0. The summed E-state index contributed by atoms with van der Waals surface area (Å²) in [7, 11) is 0. The van der Waals surface area contributed by atoms with Crippen molar-refractivity contribution in [3.05, 3.63) is 52.6 Å². The van der Waals surface area contributed by atoms with Gasteiger partial charge in [0, 0.05) is 30.8 Å². The first-order valence-corrected chi connectivity index (χ1v) is 11.0. The molecule has 0 saturated carbocycles. The molecule has 1 aliphatic heterocycles. The minimum atomic E-state index is -0.257. The first-order chi connectivity index (χ1) is 13.5. The summed E-state index contributed by atoms with van der Waals surface area (Å²) in [5.41, 5.74) is 4.00. The van der Waals surface area contributed by atoms with Crippen LogP contribution in [0.25, 0.3) is 0 Å². The second kappa shape index (κ2) is 8.98. The first kappa shape index (κ1) is 20.7. The van der Waals surface area contributed by atoms with E-state index in [0.29, 0.717) is 6.61 Å². The molecule has 148 valence electrons. The maximum absolute atomic E-state index is 9.95. The molecule has 0 aliphatic carbocycles. The summed E-state index contributed by atoms with van der Waals surface area (Å²) in [6, 6.07) is 12.9. The van der Waals surface area contributed by atoms with E-state index in [2.05, 4.69) is 62.9 Å². The van der Waals surface area contributed by atoms with Crippen LogP contribution in [0.1, 0.15) is 49.9 Å². The van der Waals surface area contributed by atoms with Crippen molar-refractivity contribution in [3.8, 4) is 6.07 Å². The summed E-state index contributed by atoms with van der Waals surface area (Å²) in [5.74, 6) is 1.89. The molecular weight excluding hydrogens is 366 g/mol. The van der Waals surface area contributed by atoms with Gasteiger partial charge in [0.15, 0.2) is 0 Å². The highest BCUT2D eigenvalue weighted by Gasteiger charge is 2.32. The number of nitriles is 1. The molecule has 0 spiro atoms. The standard InChI is InChI=1S/C23H29N3OS/c1-5-26(6-2)21-20-16-27-23(3,4)14-18(20)19(15-24)22(25-21)28-13-12-17-10-8-7-9-11-17/h7-11H,5-6,12-14,16H2,1-4H3. The van der Waals surface area contributed by atoms with Gasteiger partial charge in [-0.15, -0.1) is 11.8 Å². The van der Waals surface area contributed by atoms with Crippen LogP contribution in [0.15, 0.2) is 35.4 Å². The fourth-order valence-corrected chi connectivity index (χ4v) is 4.64. The van der Waals surface area contributed by atoms with Crippen molar-refractivity contribution in [2.24, 2.45) is 0 Å². The van der Waals surface area contributed by atoms with E-state index < -0.39 is 0 Å². The predicted octanol–water partition coefficient (Wildman–Crippen LogP) is 4.99. The lowest BCUT2D eigenvalue weighted by Gasteiger charge is -2.35. The Morgan fingerprint density at radius 1 is 1.18 bits per heavy atom. The molecule has 0 amide bonds. The lowest BCUT2D eigenvalue weighted by atomic mass is 9.89. The van der Waals surface area contributed by atoms with Crippen LogP contribution in [-0.2, 0) is 24.2 Å². The Kier molecular flexibility index (Phi) is 6.64. The first-order valence-electron chi connectivity index (χ1n) is 10.0. The van der Waals surface area contributed by atoms with E-state index in [0.717, 1.165) is 59.2 Å². The van der Waals surface area contributed by atoms with E-state index in [1.807, 2.05) is 6.07 Å². The highest BCUT2D eigenvalue weighted by atomic mass is 32.2. The van der Waals surface area contributed by atoms with Crippen LogP contribution >= 0.6 is 11.8 Å². The Bertz CT molecular complexity index is 854. The summed E-state index contributed by atoms with van der Waals surface area (Å²) in [4.78, 5) is 7.23. The number of ether oxygens (including phenoxy) is 1. The number of aryl methyl sites for hydroxylation is 1. The van der Waals surface area contributed by atoms with E-state index in [4.69, 9.17) is 9.72 Å². The number of pyridine rings is 1. The third kappa shape index (κ3) is 4.51. The molecule has 0 radical (unpaired) electrons. The van der Waals surface area contributed by atoms with E-state index in [9.17, 15) is 5.26 Å². The lowest BCUT2D eigenvalue weighted by Crippen LogP contribution is -2.35. The smallest absolute Gasteiger partial charge is 0.135 e. The Balaban J connectivity index is 1.96. The molecule has 0 fully saturated rings. The molecule has 0 bridgehead atoms. The van der Waals surface area contributed by atoms with Crippen molar-refractivity contribution in [2.75, 3.05) is 23.7 Å².